The van der Waals surface area contributed by atoms with Crippen molar-refractivity contribution in [2.75, 3.05) is 50.9 Å². The number of hydrogen-bond acceptors (Lipinski definition) is 7. The smallest absolute Gasteiger partial charge is 0.215 e. The third kappa shape index (κ3) is 3.94. The van der Waals surface area contributed by atoms with Crippen molar-refractivity contribution < 1.29 is 9.47 Å². The Morgan fingerprint density at radius 3 is 2.74 bits per heavy atom. The molecule has 1 aliphatic rings. The average molecular weight is 365 g/mol. The highest BCUT2D eigenvalue weighted by atomic mass is 16.5. The van der Waals surface area contributed by atoms with E-state index in [4.69, 9.17) is 20.9 Å². The monoisotopic (exact) mass is 365 g/mol. The van der Waals surface area contributed by atoms with Gasteiger partial charge in [0.25, 0.3) is 0 Å². The van der Waals surface area contributed by atoms with Crippen molar-refractivity contribution in [3.8, 4) is 17.0 Å². The second kappa shape index (κ2) is 7.77. The first-order valence-corrected chi connectivity index (χ1v) is 9.04. The molecule has 0 radical (unpaired) electrons. The maximum Gasteiger partial charge on any atom is 0.215 e. The van der Waals surface area contributed by atoms with Crippen LogP contribution in [0.5, 0.6) is 5.88 Å². The largest absolute Gasteiger partial charge is 0.476 e. The molecule has 0 unspecified atom stereocenters. The molecular weight excluding hydrogens is 342 g/mol. The van der Waals surface area contributed by atoms with Gasteiger partial charge in [0.15, 0.2) is 0 Å². The quantitative estimate of drug-likeness (QED) is 0.669. The molecule has 1 aliphatic heterocycles. The summed E-state index contributed by atoms with van der Waals surface area (Å²) in [7, 11) is 0. The van der Waals surface area contributed by atoms with Crippen LogP contribution in [-0.2, 0) is 4.74 Å². The molecule has 140 valence electrons. The van der Waals surface area contributed by atoms with Gasteiger partial charge in [-0.15, -0.1) is 0 Å². The lowest BCUT2D eigenvalue weighted by Crippen LogP contribution is -2.38. The standard InChI is InChI=1S/C20H23N5O2/c21-14-1-2-18(22)16(11-14)15-3-4-23-19-12-20(24-13-17(15)19)27-10-7-25-5-8-26-9-6-25/h1-4,11-13H,5-10,21-22H2. The summed E-state index contributed by atoms with van der Waals surface area (Å²) in [5, 5.41) is 0.912. The molecule has 7 nitrogen and oxygen atoms in total. The molecule has 0 saturated carbocycles. The van der Waals surface area contributed by atoms with E-state index in [0.717, 1.165) is 54.9 Å². The number of pyridine rings is 2. The van der Waals surface area contributed by atoms with Gasteiger partial charge in [-0.25, -0.2) is 4.98 Å². The highest BCUT2D eigenvalue weighted by Crippen LogP contribution is 2.33. The number of rotatable bonds is 5. The van der Waals surface area contributed by atoms with Crippen molar-refractivity contribution in [2.45, 2.75) is 0 Å². The number of ether oxygens (including phenoxy) is 2. The van der Waals surface area contributed by atoms with Gasteiger partial charge < -0.3 is 20.9 Å². The summed E-state index contributed by atoms with van der Waals surface area (Å²) in [4.78, 5) is 11.2. The molecule has 4 rings (SSSR count). The first-order chi connectivity index (χ1) is 13.2. The van der Waals surface area contributed by atoms with Crippen molar-refractivity contribution in [3.05, 3.63) is 42.7 Å². The van der Waals surface area contributed by atoms with Crippen molar-refractivity contribution >= 4 is 22.3 Å². The zero-order valence-corrected chi connectivity index (χ0v) is 15.1. The molecule has 3 heterocycles. The number of fused-ring (bicyclic) bond motifs is 1. The van der Waals surface area contributed by atoms with Crippen LogP contribution in [0.3, 0.4) is 0 Å². The molecule has 1 fully saturated rings. The van der Waals surface area contributed by atoms with Gasteiger partial charge in [0.05, 0.1) is 18.7 Å². The SMILES string of the molecule is Nc1ccc(N)c(-c2ccnc3cc(OCCN4CCOCC4)ncc23)c1. The topological polar surface area (TPSA) is 99.5 Å². The highest BCUT2D eigenvalue weighted by molar-refractivity contribution is 5.97. The molecule has 4 N–H and O–H groups in total. The molecule has 0 aliphatic carbocycles. The Hall–Kier alpha value is -2.90. The number of nitrogens with zero attached hydrogens (tertiary/aromatic N) is 3. The Labute approximate surface area is 157 Å². The lowest BCUT2D eigenvalue weighted by Gasteiger charge is -2.26. The molecule has 27 heavy (non-hydrogen) atoms. The average Bonchev–Trinajstić information content (AvgIpc) is 2.70. The molecule has 3 aromatic rings. The fourth-order valence-corrected chi connectivity index (χ4v) is 3.25. The van der Waals surface area contributed by atoms with Gasteiger partial charge >= 0.3 is 0 Å². The zero-order valence-electron chi connectivity index (χ0n) is 15.1. The van der Waals surface area contributed by atoms with Crippen LogP contribution >= 0.6 is 0 Å². The Morgan fingerprint density at radius 2 is 1.89 bits per heavy atom. The maximum atomic E-state index is 6.14. The summed E-state index contributed by atoms with van der Waals surface area (Å²) >= 11 is 0. The van der Waals surface area contributed by atoms with E-state index < -0.39 is 0 Å². The van der Waals surface area contributed by atoms with Gasteiger partial charge in [-0.1, -0.05) is 0 Å². The van der Waals surface area contributed by atoms with Crippen LogP contribution in [0.2, 0.25) is 0 Å². The van der Waals surface area contributed by atoms with Gasteiger partial charge in [-0.3, -0.25) is 9.88 Å². The first kappa shape index (κ1) is 17.5. The van der Waals surface area contributed by atoms with E-state index in [2.05, 4.69) is 14.9 Å². The summed E-state index contributed by atoms with van der Waals surface area (Å²) in [6.45, 7) is 4.90. The molecule has 1 aromatic carbocycles. The predicted octanol–water partition coefficient (Wildman–Crippen LogP) is 2.17. The van der Waals surface area contributed by atoms with E-state index in [1.54, 1.807) is 18.5 Å². The van der Waals surface area contributed by atoms with Gasteiger partial charge in [0.1, 0.15) is 6.61 Å². The van der Waals surface area contributed by atoms with Crippen molar-refractivity contribution in [3.63, 3.8) is 0 Å². The Balaban J connectivity index is 1.54. The van der Waals surface area contributed by atoms with E-state index in [-0.39, 0.29) is 0 Å². The molecule has 1 saturated heterocycles. The minimum absolute atomic E-state index is 0.570. The van der Waals surface area contributed by atoms with Crippen LogP contribution in [0.15, 0.2) is 42.7 Å². The lowest BCUT2D eigenvalue weighted by molar-refractivity contribution is 0.0320. The molecule has 0 bridgehead atoms. The second-order valence-corrected chi connectivity index (χ2v) is 6.55. The van der Waals surface area contributed by atoms with Crippen molar-refractivity contribution in [1.82, 2.24) is 14.9 Å². The first-order valence-electron chi connectivity index (χ1n) is 9.04. The van der Waals surface area contributed by atoms with Gasteiger partial charge in [0.2, 0.25) is 5.88 Å². The van der Waals surface area contributed by atoms with Crippen molar-refractivity contribution in [2.24, 2.45) is 0 Å². The fourth-order valence-electron chi connectivity index (χ4n) is 3.25. The normalized spacial score (nSPS) is 15.1. The van der Waals surface area contributed by atoms with E-state index in [9.17, 15) is 0 Å². The Kier molecular flexibility index (Phi) is 5.04. The number of anilines is 2. The van der Waals surface area contributed by atoms with Crippen LogP contribution in [0.1, 0.15) is 0 Å². The van der Waals surface area contributed by atoms with Crippen LogP contribution < -0.4 is 16.2 Å². The highest BCUT2D eigenvalue weighted by Gasteiger charge is 2.12. The van der Waals surface area contributed by atoms with Crippen LogP contribution in [0.25, 0.3) is 22.0 Å². The summed E-state index contributed by atoms with van der Waals surface area (Å²) in [6.07, 6.45) is 3.54. The number of nitrogens with two attached hydrogens (primary N) is 2. The molecule has 0 amide bonds. The maximum absolute atomic E-state index is 6.14. The van der Waals surface area contributed by atoms with E-state index in [1.807, 2.05) is 24.3 Å². The molecule has 0 atom stereocenters. The third-order valence-electron chi connectivity index (χ3n) is 4.73. The van der Waals surface area contributed by atoms with E-state index in [1.165, 1.54) is 0 Å². The molecule has 7 heteroatoms. The fraction of sp³-hybridized carbons (Fsp3) is 0.300. The Bertz CT molecular complexity index is 941. The van der Waals surface area contributed by atoms with Crippen LogP contribution in [0, 0.1) is 0 Å². The van der Waals surface area contributed by atoms with Gasteiger partial charge in [-0.05, 0) is 29.8 Å². The molecular formula is C20H23N5O2. The van der Waals surface area contributed by atoms with Crippen LogP contribution in [0.4, 0.5) is 11.4 Å². The summed E-state index contributed by atoms with van der Waals surface area (Å²) in [5.41, 5.74) is 16.1. The Morgan fingerprint density at radius 1 is 1.04 bits per heavy atom. The zero-order chi connectivity index (χ0) is 18.6. The van der Waals surface area contributed by atoms with Gasteiger partial charge in [0, 0.05) is 60.4 Å². The minimum Gasteiger partial charge on any atom is -0.476 e. The van der Waals surface area contributed by atoms with Crippen molar-refractivity contribution in [1.29, 1.82) is 0 Å². The second-order valence-electron chi connectivity index (χ2n) is 6.55. The molecule has 0 spiro atoms. The molecule has 2 aromatic heterocycles. The number of aromatic nitrogens is 2. The predicted molar refractivity (Wildman–Crippen MR) is 107 cm³/mol. The number of nitrogen functional groups attached to an aromatic ring is 2. The van der Waals surface area contributed by atoms with Crippen LogP contribution in [-0.4, -0.2) is 54.3 Å². The number of morpholine rings is 1. The summed E-state index contributed by atoms with van der Waals surface area (Å²) in [6, 6.07) is 9.26. The summed E-state index contributed by atoms with van der Waals surface area (Å²) < 4.78 is 11.2. The van der Waals surface area contributed by atoms with E-state index >= 15 is 0 Å². The lowest BCUT2D eigenvalue weighted by atomic mass is 10.0. The number of benzene rings is 1. The minimum atomic E-state index is 0.570. The summed E-state index contributed by atoms with van der Waals surface area (Å²) in [5.74, 6) is 0.570. The third-order valence-corrected chi connectivity index (χ3v) is 4.73. The van der Waals surface area contributed by atoms with E-state index in [0.29, 0.717) is 23.9 Å². The van der Waals surface area contributed by atoms with Gasteiger partial charge in [-0.2, -0.15) is 0 Å². The number of hydrogen-bond donors (Lipinski definition) is 2.